The smallest absolute Gasteiger partial charge is 0.652 e. The summed E-state index contributed by atoms with van der Waals surface area (Å²) in [5.74, 6) is -0.251. The zero-order chi connectivity index (χ0) is 29.3. The van der Waals surface area contributed by atoms with E-state index in [-0.39, 0.29) is 180 Å². The van der Waals surface area contributed by atoms with Crippen molar-refractivity contribution in [2.45, 2.75) is 19.5 Å². The van der Waals surface area contributed by atoms with E-state index in [2.05, 4.69) is 44.8 Å². The Balaban J connectivity index is 0. The number of carboxylic acid groups (broad SMARTS) is 2. The normalized spacial score (nSPS) is 12.6. The Morgan fingerprint density at radius 1 is 1.02 bits per heavy atom. The summed E-state index contributed by atoms with van der Waals surface area (Å²) in [6.45, 7) is 5.12. The van der Waals surface area contributed by atoms with Crippen LogP contribution in [0.15, 0.2) is 41.8 Å². The summed E-state index contributed by atoms with van der Waals surface area (Å²) in [7, 11) is 1.46. The van der Waals surface area contributed by atoms with Crippen molar-refractivity contribution in [3.63, 3.8) is 0 Å². The Morgan fingerprint density at radius 2 is 1.66 bits per heavy atom. The molecule has 1 aromatic heterocycles. The molecule has 3 aromatic rings. The Kier molecular flexibility index (Phi) is 25.0. The molecule has 0 aliphatic carbocycles. The number of alkyl halides is 3. The fraction of sp³-hybridized carbons (Fsp3) is 0.407. The van der Waals surface area contributed by atoms with Crippen LogP contribution in [-0.4, -0.2) is 76.1 Å². The van der Waals surface area contributed by atoms with Crippen molar-refractivity contribution in [3.8, 4) is 11.5 Å². The van der Waals surface area contributed by atoms with Crippen LogP contribution in [0, 0.1) is 6.92 Å². The number of rotatable bonds is 9. The molecule has 1 aliphatic heterocycles. The van der Waals surface area contributed by atoms with E-state index in [1.54, 1.807) is 24.3 Å². The SMILES string of the molecule is CNC(=O)c1cc(C)c(OCCCN2CCN(c3cccc4sccc34)CC2)c(OCC(F)(F)F)c1.Cl.Cl.O=C([O-])[O-].[Cs+].[Cs+]. The molecule has 1 saturated heterocycles. The molecule has 0 bridgehead atoms. The third-order valence-electron chi connectivity index (χ3n) is 6.17. The number of hydrogen-bond acceptors (Lipinski definition) is 9. The monoisotopic (exact) mass is 919 g/mol. The molecule has 2 heterocycles. The number of benzene rings is 2. The van der Waals surface area contributed by atoms with Crippen LogP contribution in [0.25, 0.3) is 10.1 Å². The first-order chi connectivity index (χ1) is 19.0. The van der Waals surface area contributed by atoms with Crippen LogP contribution in [0.1, 0.15) is 22.3 Å². The van der Waals surface area contributed by atoms with E-state index in [0.717, 1.165) is 39.1 Å². The maximum absolute atomic E-state index is 12.8. The first kappa shape index (κ1) is 47.1. The Morgan fingerprint density at radius 3 is 2.25 bits per heavy atom. The van der Waals surface area contributed by atoms with E-state index in [9.17, 15) is 18.0 Å². The third-order valence-corrected chi connectivity index (χ3v) is 7.05. The number of piperazine rings is 1. The predicted molar refractivity (Wildman–Crippen MR) is 157 cm³/mol. The van der Waals surface area contributed by atoms with Gasteiger partial charge >= 0.3 is 144 Å². The molecule has 234 valence electrons. The quantitative estimate of drug-likeness (QED) is 0.235. The molecule has 0 radical (unpaired) electrons. The fourth-order valence-electron chi connectivity index (χ4n) is 4.40. The summed E-state index contributed by atoms with van der Waals surface area (Å²) >= 11 is 1.75. The topological polar surface area (TPSA) is 117 Å². The number of halogens is 5. The van der Waals surface area contributed by atoms with Gasteiger partial charge in [0, 0.05) is 61.1 Å². The van der Waals surface area contributed by atoms with E-state index < -0.39 is 24.8 Å². The molecule has 0 spiro atoms. The van der Waals surface area contributed by atoms with Crippen molar-refractivity contribution in [1.29, 1.82) is 0 Å². The molecule has 1 amide bonds. The van der Waals surface area contributed by atoms with Gasteiger partial charge in [-0.3, -0.25) is 9.69 Å². The second-order valence-electron chi connectivity index (χ2n) is 8.99. The van der Waals surface area contributed by atoms with E-state index in [1.807, 2.05) is 0 Å². The molecule has 1 fully saturated rings. The molecule has 0 atom stereocenters. The number of anilines is 1. The second-order valence-corrected chi connectivity index (χ2v) is 9.94. The zero-order valence-electron chi connectivity index (χ0n) is 24.9. The van der Waals surface area contributed by atoms with Crippen LogP contribution >= 0.6 is 36.2 Å². The maximum Gasteiger partial charge on any atom is 1.00 e. The molecule has 2 aromatic carbocycles. The maximum atomic E-state index is 12.8. The number of carbonyl (C=O) groups excluding carboxylic acids is 2. The fourth-order valence-corrected chi connectivity index (χ4v) is 5.20. The van der Waals surface area contributed by atoms with Crippen LogP contribution < -0.4 is 168 Å². The minimum atomic E-state index is -4.49. The van der Waals surface area contributed by atoms with Crippen molar-refractivity contribution in [1.82, 2.24) is 10.2 Å². The van der Waals surface area contributed by atoms with Crippen molar-refractivity contribution < 1.29 is 180 Å². The van der Waals surface area contributed by atoms with Gasteiger partial charge in [-0.2, -0.15) is 13.2 Å². The third kappa shape index (κ3) is 15.5. The molecule has 1 N–H and O–H groups in total. The minimum absolute atomic E-state index is 0. The summed E-state index contributed by atoms with van der Waals surface area (Å²) in [5.41, 5.74) is 2.04. The summed E-state index contributed by atoms with van der Waals surface area (Å²) in [6, 6.07) is 11.5. The molecule has 17 heteroatoms. The van der Waals surface area contributed by atoms with Crippen molar-refractivity contribution in [2.24, 2.45) is 0 Å². The number of aryl methyl sites for hydroxylation is 1. The van der Waals surface area contributed by atoms with Gasteiger partial charge in [-0.25, -0.2) is 0 Å². The summed E-state index contributed by atoms with van der Waals surface area (Å²) < 4.78 is 50.4. The Hall–Kier alpha value is 0.974. The average molecular weight is 920 g/mol. The number of carbonyl (C=O) groups is 2. The van der Waals surface area contributed by atoms with E-state index in [4.69, 9.17) is 24.5 Å². The average Bonchev–Trinajstić information content (AvgIpc) is 3.39. The minimum Gasteiger partial charge on any atom is -0.652 e. The van der Waals surface area contributed by atoms with Crippen molar-refractivity contribution in [2.75, 3.05) is 57.9 Å². The molecular weight excluding hydrogens is 888 g/mol. The van der Waals surface area contributed by atoms with Gasteiger partial charge < -0.3 is 34.7 Å². The molecule has 4 rings (SSSR count). The molecule has 0 unspecified atom stereocenters. The van der Waals surface area contributed by atoms with Gasteiger partial charge in [-0.15, -0.1) is 36.2 Å². The van der Waals surface area contributed by atoms with Crippen LogP contribution in [0.4, 0.5) is 23.7 Å². The number of hydrogen-bond donors (Lipinski definition) is 1. The first-order valence-electron chi connectivity index (χ1n) is 12.5. The van der Waals surface area contributed by atoms with Gasteiger partial charge in [0.15, 0.2) is 18.1 Å². The van der Waals surface area contributed by atoms with Crippen LogP contribution in [0.5, 0.6) is 11.5 Å². The molecule has 1 aliphatic rings. The van der Waals surface area contributed by atoms with Gasteiger partial charge in [-0.1, -0.05) is 6.07 Å². The van der Waals surface area contributed by atoms with Gasteiger partial charge in [0.05, 0.1) is 6.61 Å². The summed E-state index contributed by atoms with van der Waals surface area (Å²) in [5, 5.41) is 22.6. The van der Waals surface area contributed by atoms with Crippen molar-refractivity contribution >= 4 is 64.0 Å². The molecule has 9 nitrogen and oxygen atoms in total. The largest absolute Gasteiger partial charge is 1.00 e. The van der Waals surface area contributed by atoms with Gasteiger partial charge in [0.25, 0.3) is 5.91 Å². The van der Waals surface area contributed by atoms with Crippen LogP contribution in [-0.2, 0) is 0 Å². The van der Waals surface area contributed by atoms with E-state index in [0.29, 0.717) is 12.2 Å². The summed E-state index contributed by atoms with van der Waals surface area (Å²) in [6.07, 6.45) is -6.11. The second kappa shape index (κ2) is 23.3. The Labute approximate surface area is 388 Å². The predicted octanol–water partition coefficient (Wildman–Crippen LogP) is -2.49. The van der Waals surface area contributed by atoms with Gasteiger partial charge in [-0.05, 0) is 60.8 Å². The van der Waals surface area contributed by atoms with Crippen LogP contribution in [0.3, 0.4) is 0 Å². The standard InChI is InChI=1S/C26H30F3N3O3S.CH2O3.2ClH.2Cs/c1-18-15-19(25(33)30-2)16-22(35-17-26(27,28)29)24(18)34-13-4-8-31-9-11-32(12-10-31)21-5-3-6-23-20(21)7-14-36-23;2-1(3)4;;;;/h3,5-7,14-16H,4,8-13,17H2,1-2H3,(H,30,33);(H2,2,3,4);2*1H;;/q;;;;2*+1/p-2. The van der Waals surface area contributed by atoms with Gasteiger partial charge in [0.1, 0.15) is 0 Å². The van der Waals surface area contributed by atoms with Crippen molar-refractivity contribution in [3.05, 3.63) is 52.9 Å². The van der Waals surface area contributed by atoms with Crippen LogP contribution in [0.2, 0.25) is 0 Å². The number of thiophene rings is 1. The molecule has 44 heavy (non-hydrogen) atoms. The Bertz CT molecular complexity index is 1310. The van der Waals surface area contributed by atoms with E-state index in [1.165, 1.54) is 28.9 Å². The first-order valence-corrected chi connectivity index (χ1v) is 13.4. The zero-order valence-corrected chi connectivity index (χ0v) is 39.9. The number of amides is 1. The number of nitrogens with zero attached hydrogens (tertiary/aromatic N) is 2. The molecular formula is C27H32Cl2Cs2F3N3O6S. The number of nitrogens with one attached hydrogen (secondary N) is 1. The van der Waals surface area contributed by atoms with E-state index >= 15 is 0 Å². The van der Waals surface area contributed by atoms with Gasteiger partial charge in [0.2, 0.25) is 0 Å². The number of ether oxygens (including phenoxy) is 2. The molecule has 0 saturated carbocycles. The summed E-state index contributed by atoms with van der Waals surface area (Å²) in [4.78, 5) is 25.1. The number of fused-ring (bicyclic) bond motifs is 1.